The zero-order chi connectivity index (χ0) is 13.4. The molecule has 3 rings (SSSR count). The molecular formula is C15H9BrClNO. The number of rotatable bonds is 2. The molecule has 0 amide bonds. The molecule has 1 aromatic heterocycles. The maximum absolute atomic E-state index is 11.4. The van der Waals surface area contributed by atoms with Crippen molar-refractivity contribution < 1.29 is 4.79 Å². The van der Waals surface area contributed by atoms with Crippen molar-refractivity contribution in [2.75, 3.05) is 0 Å². The van der Waals surface area contributed by atoms with Gasteiger partial charge in [-0.2, -0.15) is 0 Å². The van der Waals surface area contributed by atoms with Crippen LogP contribution in [0.5, 0.6) is 0 Å². The topological polar surface area (TPSA) is 32.9 Å². The minimum Gasteiger partial charge on any atom is -0.354 e. The van der Waals surface area contributed by atoms with Gasteiger partial charge in [0.2, 0.25) is 0 Å². The molecule has 0 radical (unpaired) electrons. The number of carbonyl (C=O) groups excluding carboxylic acids is 1. The minimum absolute atomic E-state index is 0.622. The molecule has 94 valence electrons. The standard InChI is InChI=1S/C15H9BrClNO/c16-10-3-1-9(2-4-10)15-13(8-19)12-7-11(17)5-6-14(12)18-15/h1-8,18H. The van der Waals surface area contributed by atoms with E-state index < -0.39 is 0 Å². The van der Waals surface area contributed by atoms with Crippen molar-refractivity contribution in [3.8, 4) is 11.3 Å². The summed E-state index contributed by atoms with van der Waals surface area (Å²) in [7, 11) is 0. The van der Waals surface area contributed by atoms with E-state index in [-0.39, 0.29) is 0 Å². The zero-order valence-electron chi connectivity index (χ0n) is 9.78. The van der Waals surface area contributed by atoms with Gasteiger partial charge in [0.1, 0.15) is 0 Å². The van der Waals surface area contributed by atoms with Gasteiger partial charge >= 0.3 is 0 Å². The van der Waals surface area contributed by atoms with Crippen LogP contribution in [0.25, 0.3) is 22.2 Å². The monoisotopic (exact) mass is 333 g/mol. The quantitative estimate of drug-likeness (QED) is 0.653. The average Bonchev–Trinajstić information content (AvgIpc) is 2.77. The Labute approximate surface area is 123 Å². The van der Waals surface area contributed by atoms with E-state index in [1.165, 1.54) is 0 Å². The van der Waals surface area contributed by atoms with Crippen LogP contribution in [0, 0.1) is 0 Å². The van der Waals surface area contributed by atoms with Crippen LogP contribution in [0.1, 0.15) is 10.4 Å². The molecule has 0 aliphatic heterocycles. The van der Waals surface area contributed by atoms with E-state index >= 15 is 0 Å². The lowest BCUT2D eigenvalue weighted by Gasteiger charge is -2.00. The third kappa shape index (κ3) is 2.20. The summed E-state index contributed by atoms with van der Waals surface area (Å²) in [6.45, 7) is 0. The largest absolute Gasteiger partial charge is 0.354 e. The molecule has 0 unspecified atom stereocenters. The Kier molecular flexibility index (Phi) is 3.17. The summed E-state index contributed by atoms with van der Waals surface area (Å²) in [5.41, 5.74) is 3.33. The van der Waals surface area contributed by atoms with Crippen LogP contribution >= 0.6 is 27.5 Å². The molecule has 0 saturated carbocycles. The van der Waals surface area contributed by atoms with Crippen molar-refractivity contribution in [2.45, 2.75) is 0 Å². The van der Waals surface area contributed by atoms with Gasteiger partial charge in [0.15, 0.2) is 6.29 Å². The fourth-order valence-electron chi connectivity index (χ4n) is 2.15. The lowest BCUT2D eigenvalue weighted by molar-refractivity contribution is 0.112. The number of hydrogen-bond acceptors (Lipinski definition) is 1. The molecule has 0 spiro atoms. The van der Waals surface area contributed by atoms with Crippen molar-refractivity contribution in [1.29, 1.82) is 0 Å². The Morgan fingerprint density at radius 1 is 1.11 bits per heavy atom. The normalized spacial score (nSPS) is 10.8. The Morgan fingerprint density at radius 3 is 2.53 bits per heavy atom. The van der Waals surface area contributed by atoms with Crippen LogP contribution < -0.4 is 0 Å². The predicted octanol–water partition coefficient (Wildman–Crippen LogP) is 5.06. The van der Waals surface area contributed by atoms with Crippen LogP contribution in [-0.2, 0) is 0 Å². The van der Waals surface area contributed by atoms with Gasteiger partial charge in [0.25, 0.3) is 0 Å². The average molecular weight is 335 g/mol. The van der Waals surface area contributed by atoms with E-state index in [9.17, 15) is 4.79 Å². The fourth-order valence-corrected chi connectivity index (χ4v) is 2.59. The minimum atomic E-state index is 0.622. The van der Waals surface area contributed by atoms with Crippen molar-refractivity contribution in [2.24, 2.45) is 0 Å². The van der Waals surface area contributed by atoms with Gasteiger partial charge in [-0.25, -0.2) is 0 Å². The van der Waals surface area contributed by atoms with E-state index in [2.05, 4.69) is 20.9 Å². The van der Waals surface area contributed by atoms with Gasteiger partial charge in [0, 0.05) is 26.0 Å². The lowest BCUT2D eigenvalue weighted by atomic mass is 10.1. The second kappa shape index (κ2) is 4.83. The number of fused-ring (bicyclic) bond motifs is 1. The molecule has 0 saturated heterocycles. The first-order valence-electron chi connectivity index (χ1n) is 5.71. The number of hydrogen-bond donors (Lipinski definition) is 1. The first-order valence-corrected chi connectivity index (χ1v) is 6.88. The summed E-state index contributed by atoms with van der Waals surface area (Å²) in [5, 5.41) is 1.47. The highest BCUT2D eigenvalue weighted by molar-refractivity contribution is 9.10. The van der Waals surface area contributed by atoms with Crippen molar-refractivity contribution >= 4 is 44.7 Å². The third-order valence-corrected chi connectivity index (χ3v) is 3.82. The maximum Gasteiger partial charge on any atom is 0.152 e. The maximum atomic E-state index is 11.4. The number of H-pyrrole nitrogens is 1. The number of aldehydes is 1. The van der Waals surface area contributed by atoms with E-state index in [0.29, 0.717) is 10.6 Å². The van der Waals surface area contributed by atoms with E-state index in [1.54, 1.807) is 12.1 Å². The van der Waals surface area contributed by atoms with Gasteiger partial charge in [-0.05, 0) is 35.9 Å². The number of carbonyl (C=O) groups is 1. The lowest BCUT2D eigenvalue weighted by Crippen LogP contribution is -1.84. The predicted molar refractivity (Wildman–Crippen MR) is 81.8 cm³/mol. The third-order valence-electron chi connectivity index (χ3n) is 3.05. The van der Waals surface area contributed by atoms with Crippen LogP contribution in [-0.4, -0.2) is 11.3 Å². The highest BCUT2D eigenvalue weighted by Crippen LogP contribution is 2.31. The van der Waals surface area contributed by atoms with Gasteiger partial charge in [-0.1, -0.05) is 39.7 Å². The summed E-state index contributed by atoms with van der Waals surface area (Å²) >= 11 is 9.39. The highest BCUT2D eigenvalue weighted by Gasteiger charge is 2.12. The summed E-state index contributed by atoms with van der Waals surface area (Å²) in [6, 6.07) is 13.3. The van der Waals surface area contributed by atoms with E-state index in [4.69, 9.17) is 11.6 Å². The molecule has 1 N–H and O–H groups in total. The SMILES string of the molecule is O=Cc1c(-c2ccc(Br)cc2)[nH]c2ccc(Cl)cc12. The number of halogens is 2. The van der Waals surface area contributed by atoms with Gasteiger partial charge in [-0.3, -0.25) is 4.79 Å². The molecule has 19 heavy (non-hydrogen) atoms. The molecule has 0 aliphatic rings. The molecule has 2 aromatic carbocycles. The second-order valence-corrected chi connectivity index (χ2v) is 5.58. The van der Waals surface area contributed by atoms with Crippen molar-refractivity contribution in [3.05, 3.63) is 57.5 Å². The Balaban J connectivity index is 2.28. The molecule has 2 nitrogen and oxygen atoms in total. The van der Waals surface area contributed by atoms with Crippen LogP contribution in [0.2, 0.25) is 5.02 Å². The summed E-state index contributed by atoms with van der Waals surface area (Å²) < 4.78 is 1.00. The first-order chi connectivity index (χ1) is 9.19. The fraction of sp³-hybridized carbons (Fsp3) is 0. The van der Waals surface area contributed by atoms with Crippen LogP contribution in [0.4, 0.5) is 0 Å². The molecule has 4 heteroatoms. The number of nitrogens with one attached hydrogen (secondary N) is 1. The molecular weight excluding hydrogens is 326 g/mol. The summed E-state index contributed by atoms with van der Waals surface area (Å²) in [5.74, 6) is 0. The van der Waals surface area contributed by atoms with Gasteiger partial charge < -0.3 is 4.98 Å². The molecule has 3 aromatic rings. The number of aromatic nitrogens is 1. The Hall–Kier alpha value is -1.58. The van der Waals surface area contributed by atoms with Gasteiger partial charge in [-0.15, -0.1) is 0 Å². The van der Waals surface area contributed by atoms with Crippen LogP contribution in [0.15, 0.2) is 46.9 Å². The summed E-state index contributed by atoms with van der Waals surface area (Å²) in [6.07, 6.45) is 0.868. The highest BCUT2D eigenvalue weighted by atomic mass is 79.9. The van der Waals surface area contributed by atoms with Gasteiger partial charge in [0.05, 0.1) is 5.69 Å². The second-order valence-electron chi connectivity index (χ2n) is 4.23. The molecule has 1 heterocycles. The molecule has 0 bridgehead atoms. The molecule has 0 aliphatic carbocycles. The Morgan fingerprint density at radius 2 is 1.84 bits per heavy atom. The molecule has 0 fully saturated rings. The van der Waals surface area contributed by atoms with E-state index in [1.807, 2.05) is 30.3 Å². The zero-order valence-corrected chi connectivity index (χ0v) is 12.1. The summed E-state index contributed by atoms with van der Waals surface area (Å²) in [4.78, 5) is 14.7. The Bertz CT molecular complexity index is 762. The number of benzene rings is 2. The van der Waals surface area contributed by atoms with Crippen molar-refractivity contribution in [3.63, 3.8) is 0 Å². The van der Waals surface area contributed by atoms with Crippen LogP contribution in [0.3, 0.4) is 0 Å². The molecule has 0 atom stereocenters. The van der Waals surface area contributed by atoms with E-state index in [0.717, 1.165) is 32.9 Å². The van der Waals surface area contributed by atoms with Crippen molar-refractivity contribution in [1.82, 2.24) is 4.98 Å². The first kappa shape index (κ1) is 12.5. The smallest absolute Gasteiger partial charge is 0.152 e. The number of aromatic amines is 1.